The molecule has 13 heavy (non-hydrogen) atoms. The minimum absolute atomic E-state index is 0.0472. The summed E-state index contributed by atoms with van der Waals surface area (Å²) in [5.41, 5.74) is 0. The predicted molar refractivity (Wildman–Crippen MR) is 49.2 cm³/mol. The van der Waals surface area contributed by atoms with Crippen molar-refractivity contribution in [3.63, 3.8) is 0 Å². The second kappa shape index (κ2) is 5.35. The number of amides is 1. The zero-order valence-electron chi connectivity index (χ0n) is 8.07. The van der Waals surface area contributed by atoms with E-state index in [0.717, 1.165) is 12.2 Å². The van der Waals surface area contributed by atoms with Crippen molar-refractivity contribution in [2.75, 3.05) is 0 Å². The van der Waals surface area contributed by atoms with Gasteiger partial charge in [-0.05, 0) is 12.8 Å². The van der Waals surface area contributed by atoms with Gasteiger partial charge in [-0.3, -0.25) is 4.79 Å². The lowest BCUT2D eigenvalue weighted by Gasteiger charge is -2.15. The normalized spacial score (nSPS) is 13.2. The monoisotopic (exact) mass is 185 g/mol. The second-order valence-electron chi connectivity index (χ2n) is 3.21. The number of carboxylic acids is 1. The molecule has 0 aromatic heterocycles. The van der Waals surface area contributed by atoms with Gasteiger partial charge in [0, 0.05) is 18.2 Å². The Morgan fingerprint density at radius 2 is 1.77 bits per heavy atom. The van der Waals surface area contributed by atoms with E-state index in [1.807, 2.05) is 20.8 Å². The van der Waals surface area contributed by atoms with E-state index in [1.165, 1.54) is 0 Å². The molecule has 0 saturated carbocycles. The molecule has 0 rings (SSSR count). The zero-order valence-corrected chi connectivity index (χ0v) is 8.07. The quantitative estimate of drug-likeness (QED) is 0.636. The van der Waals surface area contributed by atoms with Crippen LogP contribution in [0.25, 0.3) is 0 Å². The van der Waals surface area contributed by atoms with Crippen LogP contribution in [0.1, 0.15) is 20.8 Å². The molecule has 0 heterocycles. The molecule has 0 spiro atoms. The molecule has 4 nitrogen and oxygen atoms in total. The number of aliphatic carboxylic acids is 1. The summed E-state index contributed by atoms with van der Waals surface area (Å²) in [5, 5.41) is 10.9. The number of carbonyl (C=O) groups is 2. The van der Waals surface area contributed by atoms with Gasteiger partial charge < -0.3 is 10.4 Å². The highest BCUT2D eigenvalue weighted by molar-refractivity contribution is 5.93. The van der Waals surface area contributed by atoms with E-state index in [2.05, 4.69) is 5.32 Å². The van der Waals surface area contributed by atoms with E-state index in [-0.39, 0.29) is 11.9 Å². The van der Waals surface area contributed by atoms with Gasteiger partial charge in [0.2, 0.25) is 5.91 Å². The number of rotatable bonds is 4. The average molecular weight is 185 g/mol. The van der Waals surface area contributed by atoms with Crippen LogP contribution in [0.3, 0.4) is 0 Å². The topological polar surface area (TPSA) is 66.4 Å². The molecule has 4 heteroatoms. The number of hydrogen-bond donors (Lipinski definition) is 2. The summed E-state index contributed by atoms with van der Waals surface area (Å²) < 4.78 is 0. The van der Waals surface area contributed by atoms with Gasteiger partial charge in [-0.2, -0.15) is 0 Å². The highest BCUT2D eigenvalue weighted by Crippen LogP contribution is 1.99. The SMILES string of the molecule is CC(C)C(C)NC(=O)/C=C/C(=O)O. The molecular weight excluding hydrogens is 170 g/mol. The highest BCUT2D eigenvalue weighted by atomic mass is 16.4. The summed E-state index contributed by atoms with van der Waals surface area (Å²) in [7, 11) is 0. The van der Waals surface area contributed by atoms with E-state index in [4.69, 9.17) is 5.11 Å². The van der Waals surface area contributed by atoms with Crippen molar-refractivity contribution < 1.29 is 14.7 Å². The van der Waals surface area contributed by atoms with E-state index in [1.54, 1.807) is 0 Å². The maximum Gasteiger partial charge on any atom is 0.328 e. The lowest BCUT2D eigenvalue weighted by Crippen LogP contribution is -2.34. The maximum absolute atomic E-state index is 11.0. The van der Waals surface area contributed by atoms with Crippen molar-refractivity contribution in [2.24, 2.45) is 5.92 Å². The summed E-state index contributed by atoms with van der Waals surface area (Å²) in [4.78, 5) is 21.1. The van der Waals surface area contributed by atoms with Crippen LogP contribution in [-0.4, -0.2) is 23.0 Å². The molecule has 0 aliphatic rings. The van der Waals surface area contributed by atoms with Gasteiger partial charge in [-0.25, -0.2) is 4.79 Å². The van der Waals surface area contributed by atoms with Gasteiger partial charge in [-0.15, -0.1) is 0 Å². The van der Waals surface area contributed by atoms with Gasteiger partial charge in [0.15, 0.2) is 0 Å². The smallest absolute Gasteiger partial charge is 0.328 e. The molecule has 1 unspecified atom stereocenters. The standard InChI is InChI=1S/C9H15NO3/c1-6(2)7(3)10-8(11)4-5-9(12)13/h4-7H,1-3H3,(H,10,11)(H,12,13)/b5-4+. The minimum atomic E-state index is -1.12. The Balaban J connectivity index is 3.95. The molecule has 0 aliphatic heterocycles. The van der Waals surface area contributed by atoms with Crippen LogP contribution in [0.5, 0.6) is 0 Å². The van der Waals surface area contributed by atoms with Gasteiger partial charge in [0.1, 0.15) is 0 Å². The molecule has 0 aromatic carbocycles. The van der Waals surface area contributed by atoms with E-state index >= 15 is 0 Å². The van der Waals surface area contributed by atoms with Gasteiger partial charge in [-0.1, -0.05) is 13.8 Å². The molecule has 0 fully saturated rings. The molecular formula is C9H15NO3. The van der Waals surface area contributed by atoms with Gasteiger partial charge >= 0.3 is 5.97 Å². The van der Waals surface area contributed by atoms with Gasteiger partial charge in [0.05, 0.1) is 0 Å². The summed E-state index contributed by atoms with van der Waals surface area (Å²) in [6, 6.07) is 0.0472. The first kappa shape index (κ1) is 11.7. The van der Waals surface area contributed by atoms with Crippen molar-refractivity contribution in [3.05, 3.63) is 12.2 Å². The zero-order chi connectivity index (χ0) is 10.4. The largest absolute Gasteiger partial charge is 0.478 e. The fourth-order valence-corrected chi connectivity index (χ4v) is 0.586. The van der Waals surface area contributed by atoms with Crippen molar-refractivity contribution in [1.29, 1.82) is 0 Å². The third-order valence-electron chi connectivity index (χ3n) is 1.75. The fourth-order valence-electron chi connectivity index (χ4n) is 0.586. The van der Waals surface area contributed by atoms with E-state index in [9.17, 15) is 9.59 Å². The van der Waals surface area contributed by atoms with Crippen LogP contribution in [0.2, 0.25) is 0 Å². The Morgan fingerprint density at radius 3 is 2.15 bits per heavy atom. The molecule has 0 aliphatic carbocycles. The number of carbonyl (C=O) groups excluding carboxylic acids is 1. The third kappa shape index (κ3) is 5.90. The van der Waals surface area contributed by atoms with Crippen molar-refractivity contribution in [2.45, 2.75) is 26.8 Å². The second-order valence-corrected chi connectivity index (χ2v) is 3.21. The highest BCUT2D eigenvalue weighted by Gasteiger charge is 2.08. The number of nitrogens with one attached hydrogen (secondary N) is 1. The molecule has 0 radical (unpaired) electrons. The maximum atomic E-state index is 11.0. The van der Waals surface area contributed by atoms with E-state index in [0.29, 0.717) is 5.92 Å². The van der Waals surface area contributed by atoms with Crippen LogP contribution in [0.15, 0.2) is 12.2 Å². The molecule has 0 aromatic rings. The molecule has 1 amide bonds. The third-order valence-corrected chi connectivity index (χ3v) is 1.75. The van der Waals surface area contributed by atoms with Crippen molar-refractivity contribution >= 4 is 11.9 Å². The Morgan fingerprint density at radius 1 is 1.23 bits per heavy atom. The van der Waals surface area contributed by atoms with Crippen molar-refractivity contribution in [1.82, 2.24) is 5.32 Å². The lowest BCUT2D eigenvalue weighted by molar-refractivity contribution is -0.131. The number of hydrogen-bond acceptors (Lipinski definition) is 2. The van der Waals surface area contributed by atoms with Crippen molar-refractivity contribution in [3.8, 4) is 0 Å². The van der Waals surface area contributed by atoms with Gasteiger partial charge in [0.25, 0.3) is 0 Å². The average Bonchev–Trinajstić information content (AvgIpc) is 2.00. The van der Waals surface area contributed by atoms with Crippen LogP contribution in [0.4, 0.5) is 0 Å². The van der Waals surface area contributed by atoms with Crippen LogP contribution in [-0.2, 0) is 9.59 Å². The lowest BCUT2D eigenvalue weighted by atomic mass is 10.1. The molecule has 0 bridgehead atoms. The summed E-state index contributed by atoms with van der Waals surface area (Å²) in [5.74, 6) is -1.15. The Labute approximate surface area is 77.6 Å². The Bertz CT molecular complexity index is 221. The predicted octanol–water partition coefficient (Wildman–Crippen LogP) is 0.788. The summed E-state index contributed by atoms with van der Waals surface area (Å²) >= 11 is 0. The summed E-state index contributed by atoms with van der Waals surface area (Å²) in [6.45, 7) is 5.83. The Kier molecular flexibility index (Phi) is 4.80. The van der Waals surface area contributed by atoms with Crippen LogP contribution in [0, 0.1) is 5.92 Å². The van der Waals surface area contributed by atoms with Crippen LogP contribution >= 0.6 is 0 Å². The Hall–Kier alpha value is -1.32. The first-order valence-electron chi connectivity index (χ1n) is 4.15. The fraction of sp³-hybridized carbons (Fsp3) is 0.556. The molecule has 2 N–H and O–H groups in total. The first-order valence-corrected chi connectivity index (χ1v) is 4.15. The summed E-state index contributed by atoms with van der Waals surface area (Å²) in [6.07, 6.45) is 1.84. The molecule has 0 saturated heterocycles. The van der Waals surface area contributed by atoms with Crippen LogP contribution < -0.4 is 5.32 Å². The molecule has 74 valence electrons. The minimum Gasteiger partial charge on any atom is -0.478 e. The first-order chi connectivity index (χ1) is 5.93. The van der Waals surface area contributed by atoms with E-state index < -0.39 is 5.97 Å². The number of carboxylic acid groups (broad SMARTS) is 1. The molecule has 1 atom stereocenters.